The lowest BCUT2D eigenvalue weighted by atomic mass is 9.52. The van der Waals surface area contributed by atoms with Crippen molar-refractivity contribution in [2.45, 2.75) is 37.6 Å². The van der Waals surface area contributed by atoms with Crippen molar-refractivity contribution in [3.8, 4) is 18.2 Å². The molecule has 1 aromatic heterocycles. The molecule has 0 unspecified atom stereocenters. The van der Waals surface area contributed by atoms with Gasteiger partial charge in [0.15, 0.2) is 5.41 Å². The van der Waals surface area contributed by atoms with Crippen LogP contribution in [0.2, 0.25) is 0 Å². The van der Waals surface area contributed by atoms with E-state index >= 15 is 0 Å². The van der Waals surface area contributed by atoms with Crippen molar-refractivity contribution in [3.05, 3.63) is 22.4 Å². The topological polar surface area (TPSA) is 114 Å². The molecule has 1 saturated carbocycles. The molecular weight excluding hydrogens is 324 g/mol. The summed E-state index contributed by atoms with van der Waals surface area (Å²) in [5.41, 5.74) is -3.39. The van der Waals surface area contributed by atoms with Gasteiger partial charge in [0.25, 0.3) is 0 Å². The Labute approximate surface area is 143 Å². The smallest absolute Gasteiger partial charge is 0.217 e. The molecule has 0 aromatic carbocycles. The maximum absolute atomic E-state index is 10.1. The zero-order chi connectivity index (χ0) is 17.0. The summed E-state index contributed by atoms with van der Waals surface area (Å²) in [7, 11) is 0. The molecular formula is C17H14N4O2S. The van der Waals surface area contributed by atoms with Crippen molar-refractivity contribution in [1.29, 1.82) is 21.2 Å². The first-order valence-electron chi connectivity index (χ1n) is 7.83. The summed E-state index contributed by atoms with van der Waals surface area (Å²) >= 11 is 1.38. The van der Waals surface area contributed by atoms with Crippen LogP contribution < -0.4 is 0 Å². The third kappa shape index (κ3) is 1.44. The van der Waals surface area contributed by atoms with Crippen molar-refractivity contribution in [2.75, 3.05) is 0 Å². The third-order valence-electron chi connectivity index (χ3n) is 5.62. The molecule has 3 heterocycles. The van der Waals surface area contributed by atoms with Crippen molar-refractivity contribution >= 4 is 17.2 Å². The highest BCUT2D eigenvalue weighted by Crippen LogP contribution is 2.69. The van der Waals surface area contributed by atoms with Crippen LogP contribution in [-0.4, -0.2) is 11.7 Å². The van der Waals surface area contributed by atoms with Crippen LogP contribution >= 0.6 is 11.3 Å². The first-order valence-corrected chi connectivity index (χ1v) is 8.71. The van der Waals surface area contributed by atoms with E-state index in [1.165, 1.54) is 11.3 Å². The summed E-state index contributed by atoms with van der Waals surface area (Å²) in [6.07, 6.45) is 2.02. The fraction of sp³-hybridized carbons (Fsp3) is 0.529. The molecule has 0 spiro atoms. The van der Waals surface area contributed by atoms with Gasteiger partial charge in [-0.2, -0.15) is 15.8 Å². The summed E-state index contributed by atoms with van der Waals surface area (Å²) in [4.78, 5) is 0.708. The normalized spacial score (nSPS) is 39.0. The molecule has 3 aliphatic rings. The van der Waals surface area contributed by atoms with Gasteiger partial charge in [-0.05, 0) is 24.3 Å². The summed E-state index contributed by atoms with van der Waals surface area (Å²) in [5, 5.41) is 40.2. The van der Waals surface area contributed by atoms with Gasteiger partial charge >= 0.3 is 0 Å². The summed E-state index contributed by atoms with van der Waals surface area (Å²) < 4.78 is 12.1. The molecule has 2 bridgehead atoms. The standard InChI is InChI=1S/C17H14N4O2S/c18-8-15(9-19)13(11-4-3-7-24-11)22-17-6-2-1-5-12(17)16(15,10-20)14(21)23-17/h3-4,7,12-13,21H,1-2,5-6H2/t12-,13-,16+,17+/m1/s1. The Kier molecular flexibility index (Phi) is 3.03. The highest BCUT2D eigenvalue weighted by Gasteiger charge is 2.80. The van der Waals surface area contributed by atoms with E-state index in [1.54, 1.807) is 6.07 Å². The molecule has 0 amide bonds. The van der Waals surface area contributed by atoms with Gasteiger partial charge in [0.2, 0.25) is 17.1 Å². The van der Waals surface area contributed by atoms with Crippen molar-refractivity contribution in [3.63, 3.8) is 0 Å². The first-order chi connectivity index (χ1) is 11.6. The number of rotatable bonds is 1. The zero-order valence-electron chi connectivity index (χ0n) is 12.8. The van der Waals surface area contributed by atoms with Crippen molar-refractivity contribution < 1.29 is 9.47 Å². The first kappa shape index (κ1) is 15.1. The number of hydrogen-bond donors (Lipinski definition) is 1. The Morgan fingerprint density at radius 2 is 2.00 bits per heavy atom. The molecule has 4 atom stereocenters. The predicted octanol–water partition coefficient (Wildman–Crippen LogP) is 3.26. The molecule has 3 fully saturated rings. The second-order valence-electron chi connectivity index (χ2n) is 6.51. The van der Waals surface area contributed by atoms with Gasteiger partial charge in [-0.1, -0.05) is 12.5 Å². The molecule has 7 heteroatoms. The molecule has 120 valence electrons. The predicted molar refractivity (Wildman–Crippen MR) is 83.4 cm³/mol. The Balaban J connectivity index is 2.02. The summed E-state index contributed by atoms with van der Waals surface area (Å²) in [5.74, 6) is -1.83. The Morgan fingerprint density at radius 1 is 1.21 bits per heavy atom. The van der Waals surface area contributed by atoms with Crippen LogP contribution in [0.4, 0.5) is 0 Å². The largest absolute Gasteiger partial charge is 0.447 e. The molecule has 0 radical (unpaired) electrons. The van der Waals surface area contributed by atoms with E-state index in [2.05, 4.69) is 18.2 Å². The van der Waals surface area contributed by atoms with Gasteiger partial charge in [0, 0.05) is 11.3 Å². The van der Waals surface area contributed by atoms with Gasteiger partial charge in [-0.25, -0.2) is 0 Å². The highest BCUT2D eigenvalue weighted by molar-refractivity contribution is 7.10. The Hall–Kier alpha value is -2.40. The van der Waals surface area contributed by atoms with E-state index in [9.17, 15) is 15.8 Å². The number of ether oxygens (including phenoxy) is 2. The minimum atomic E-state index is -1.80. The van der Waals surface area contributed by atoms with E-state index in [0.717, 1.165) is 12.8 Å². The van der Waals surface area contributed by atoms with Crippen molar-refractivity contribution in [2.24, 2.45) is 16.7 Å². The molecule has 2 aliphatic heterocycles. The second-order valence-corrected chi connectivity index (χ2v) is 7.49. The molecule has 24 heavy (non-hydrogen) atoms. The van der Waals surface area contributed by atoms with Crippen LogP contribution in [-0.2, 0) is 9.47 Å². The van der Waals surface area contributed by atoms with Crippen LogP contribution in [0.15, 0.2) is 17.5 Å². The second kappa shape index (κ2) is 4.80. The van der Waals surface area contributed by atoms with Gasteiger partial charge in [0.1, 0.15) is 6.10 Å². The molecule has 1 N–H and O–H groups in total. The molecule has 6 nitrogen and oxygen atoms in total. The Morgan fingerprint density at radius 3 is 2.62 bits per heavy atom. The molecule has 4 rings (SSSR count). The fourth-order valence-corrected chi connectivity index (χ4v) is 5.37. The zero-order valence-corrected chi connectivity index (χ0v) is 13.6. The van der Waals surface area contributed by atoms with Crippen LogP contribution in [0, 0.1) is 56.2 Å². The van der Waals surface area contributed by atoms with Gasteiger partial charge in [-0.3, -0.25) is 5.41 Å². The highest BCUT2D eigenvalue weighted by atomic mass is 32.1. The third-order valence-corrected chi connectivity index (χ3v) is 6.53. The maximum Gasteiger partial charge on any atom is 0.217 e. The average Bonchev–Trinajstić information content (AvgIpc) is 3.19. The van der Waals surface area contributed by atoms with Crippen molar-refractivity contribution in [1.82, 2.24) is 0 Å². The van der Waals surface area contributed by atoms with Crippen LogP contribution in [0.3, 0.4) is 0 Å². The maximum atomic E-state index is 10.1. The van der Waals surface area contributed by atoms with E-state index < -0.39 is 28.6 Å². The summed E-state index contributed by atoms with van der Waals surface area (Å²) in [6, 6.07) is 9.91. The van der Waals surface area contributed by atoms with Gasteiger partial charge in [0.05, 0.1) is 24.1 Å². The fourth-order valence-electron chi connectivity index (χ4n) is 4.56. The Bertz CT molecular complexity index is 816. The van der Waals surface area contributed by atoms with Gasteiger partial charge < -0.3 is 9.47 Å². The number of nitrogens with one attached hydrogen (secondary N) is 1. The lowest BCUT2D eigenvalue weighted by Gasteiger charge is -2.51. The minimum Gasteiger partial charge on any atom is -0.447 e. The van der Waals surface area contributed by atoms with E-state index in [1.807, 2.05) is 11.4 Å². The lowest BCUT2D eigenvalue weighted by molar-refractivity contribution is -0.293. The van der Waals surface area contributed by atoms with Crippen LogP contribution in [0.1, 0.15) is 36.7 Å². The van der Waals surface area contributed by atoms with E-state index in [4.69, 9.17) is 14.9 Å². The minimum absolute atomic E-state index is 0.293. The van der Waals surface area contributed by atoms with Crippen LogP contribution in [0.5, 0.6) is 0 Å². The molecule has 2 saturated heterocycles. The van der Waals surface area contributed by atoms with E-state index in [0.29, 0.717) is 17.7 Å². The summed E-state index contributed by atoms with van der Waals surface area (Å²) in [6.45, 7) is 0. The van der Waals surface area contributed by atoms with E-state index in [-0.39, 0.29) is 5.90 Å². The number of hydrogen-bond acceptors (Lipinski definition) is 7. The number of thiophene rings is 1. The quantitative estimate of drug-likeness (QED) is 0.844. The SMILES string of the molecule is N#CC1(C#N)[C@@H](c2cccs2)O[C@]23CCCC[C@@H]2[C@@]1(C#N)C(=N)O3. The lowest BCUT2D eigenvalue weighted by Crippen LogP contribution is -2.60. The number of nitriles is 3. The van der Waals surface area contributed by atoms with Crippen LogP contribution in [0.25, 0.3) is 0 Å². The average molecular weight is 338 g/mol. The molecule has 1 aromatic rings. The van der Waals surface area contributed by atoms with Gasteiger partial charge in [-0.15, -0.1) is 11.3 Å². The monoisotopic (exact) mass is 338 g/mol. The number of nitrogens with zero attached hydrogens (tertiary/aromatic N) is 3. The molecule has 1 aliphatic carbocycles.